The van der Waals surface area contributed by atoms with Crippen molar-refractivity contribution in [1.29, 1.82) is 0 Å². The Morgan fingerprint density at radius 3 is 3.10 bits per heavy atom. The molecule has 0 aromatic heterocycles. The summed E-state index contributed by atoms with van der Waals surface area (Å²) >= 11 is 0. The van der Waals surface area contributed by atoms with Crippen LogP contribution in [0, 0.1) is 0 Å². The Balaban J connectivity index is 2.43. The lowest BCUT2D eigenvalue weighted by Crippen LogP contribution is -2.26. The number of methoxy groups -OCH3 is 1. The number of hydrogen-bond acceptors (Lipinski definition) is 4. The molecule has 1 unspecified atom stereocenters. The molecular weight excluding hydrogens is 136 g/mol. The molecule has 0 bridgehead atoms. The number of rotatable bonds is 1. The molecule has 4 heteroatoms. The third-order valence-corrected chi connectivity index (χ3v) is 1.22. The van der Waals surface area contributed by atoms with Crippen molar-refractivity contribution < 1.29 is 19.0 Å². The second-order valence-electron chi connectivity index (χ2n) is 1.96. The maximum Gasteiger partial charge on any atom is 0.220 e. The Bertz CT molecular complexity index is 123. The number of carbonyl (C=O) groups excluding carboxylic acids is 1. The zero-order valence-electron chi connectivity index (χ0n) is 5.83. The molecular formula is C6H10O4. The summed E-state index contributed by atoms with van der Waals surface area (Å²) in [4.78, 5) is 10.9. The van der Waals surface area contributed by atoms with Crippen molar-refractivity contribution in [1.82, 2.24) is 0 Å². The average molecular weight is 146 g/mol. The highest BCUT2D eigenvalue weighted by Crippen LogP contribution is 1.99. The van der Waals surface area contributed by atoms with Gasteiger partial charge in [-0.25, -0.2) is 0 Å². The maximum absolute atomic E-state index is 10.9. The van der Waals surface area contributed by atoms with E-state index in [1.165, 1.54) is 7.11 Å². The lowest BCUT2D eigenvalue weighted by molar-refractivity contribution is -0.158. The fraction of sp³-hybridized carbons (Fsp3) is 0.833. The van der Waals surface area contributed by atoms with Crippen LogP contribution in [0.3, 0.4) is 0 Å². The van der Waals surface area contributed by atoms with Crippen LogP contribution < -0.4 is 0 Å². The fourth-order valence-corrected chi connectivity index (χ4v) is 0.747. The highest BCUT2D eigenvalue weighted by atomic mass is 16.7. The van der Waals surface area contributed by atoms with Crippen molar-refractivity contribution >= 4 is 5.78 Å². The standard InChI is InChI=1S/C6H10O4/c1-8-6-5(7)4-9-2-3-10-6/h6H,2-4H2,1H3. The van der Waals surface area contributed by atoms with E-state index in [-0.39, 0.29) is 12.4 Å². The SMILES string of the molecule is COC1OCCOCC1=O. The van der Waals surface area contributed by atoms with Gasteiger partial charge >= 0.3 is 0 Å². The number of hydrogen-bond donors (Lipinski definition) is 0. The first-order valence-corrected chi connectivity index (χ1v) is 3.09. The molecule has 0 radical (unpaired) electrons. The van der Waals surface area contributed by atoms with Crippen LogP contribution in [-0.2, 0) is 19.0 Å². The molecule has 0 spiro atoms. The third kappa shape index (κ3) is 1.76. The van der Waals surface area contributed by atoms with Crippen LogP contribution in [0.2, 0.25) is 0 Å². The van der Waals surface area contributed by atoms with Gasteiger partial charge in [0.05, 0.1) is 13.2 Å². The molecule has 1 aliphatic rings. The van der Waals surface area contributed by atoms with Gasteiger partial charge in [-0.15, -0.1) is 0 Å². The van der Waals surface area contributed by atoms with Gasteiger partial charge < -0.3 is 14.2 Å². The molecule has 0 amide bonds. The average Bonchev–Trinajstić information content (AvgIpc) is 2.13. The summed E-state index contributed by atoms with van der Waals surface area (Å²) < 4.78 is 14.6. The second kappa shape index (κ2) is 3.65. The largest absolute Gasteiger partial charge is 0.371 e. The van der Waals surface area contributed by atoms with Crippen molar-refractivity contribution in [2.24, 2.45) is 0 Å². The van der Waals surface area contributed by atoms with E-state index in [2.05, 4.69) is 0 Å². The molecule has 1 aliphatic heterocycles. The number of ketones is 1. The molecule has 1 rings (SSSR count). The quantitative estimate of drug-likeness (QED) is 0.503. The van der Waals surface area contributed by atoms with Gasteiger partial charge in [-0.1, -0.05) is 0 Å². The molecule has 0 N–H and O–H groups in total. The Labute approximate surface area is 59.1 Å². The predicted octanol–water partition coefficient (Wildman–Crippen LogP) is -0.425. The highest BCUT2D eigenvalue weighted by Gasteiger charge is 2.20. The lowest BCUT2D eigenvalue weighted by Gasteiger charge is -2.08. The Morgan fingerprint density at radius 2 is 2.40 bits per heavy atom. The summed E-state index contributed by atoms with van der Waals surface area (Å²) in [5, 5.41) is 0. The second-order valence-corrected chi connectivity index (χ2v) is 1.96. The van der Waals surface area contributed by atoms with Crippen molar-refractivity contribution in [3.05, 3.63) is 0 Å². The Morgan fingerprint density at radius 1 is 1.60 bits per heavy atom. The number of ether oxygens (including phenoxy) is 3. The molecule has 0 saturated carbocycles. The molecule has 1 saturated heterocycles. The van der Waals surface area contributed by atoms with E-state index in [9.17, 15) is 4.79 Å². The molecule has 10 heavy (non-hydrogen) atoms. The van der Waals surface area contributed by atoms with Crippen LogP contribution in [0.25, 0.3) is 0 Å². The fourth-order valence-electron chi connectivity index (χ4n) is 0.747. The zero-order chi connectivity index (χ0) is 7.40. The van der Waals surface area contributed by atoms with Gasteiger partial charge in [0, 0.05) is 7.11 Å². The Hall–Kier alpha value is -0.450. The van der Waals surface area contributed by atoms with Crippen molar-refractivity contribution in [2.75, 3.05) is 26.9 Å². The van der Waals surface area contributed by atoms with Crippen LogP contribution in [0.4, 0.5) is 0 Å². The minimum atomic E-state index is -0.720. The summed E-state index contributed by atoms with van der Waals surface area (Å²) in [6, 6.07) is 0. The monoisotopic (exact) mass is 146 g/mol. The molecule has 0 aromatic rings. The summed E-state index contributed by atoms with van der Waals surface area (Å²) in [6.45, 7) is 0.981. The molecule has 4 nitrogen and oxygen atoms in total. The van der Waals surface area contributed by atoms with E-state index < -0.39 is 6.29 Å². The predicted molar refractivity (Wildman–Crippen MR) is 32.6 cm³/mol. The van der Waals surface area contributed by atoms with Gasteiger partial charge in [-0.2, -0.15) is 0 Å². The third-order valence-electron chi connectivity index (χ3n) is 1.22. The van der Waals surface area contributed by atoms with Gasteiger partial charge in [0.2, 0.25) is 12.1 Å². The minimum absolute atomic E-state index is 0.0957. The van der Waals surface area contributed by atoms with E-state index in [1.807, 2.05) is 0 Å². The van der Waals surface area contributed by atoms with Gasteiger partial charge in [0.1, 0.15) is 6.61 Å². The van der Waals surface area contributed by atoms with Crippen molar-refractivity contribution in [3.8, 4) is 0 Å². The van der Waals surface area contributed by atoms with Crippen LogP contribution >= 0.6 is 0 Å². The van der Waals surface area contributed by atoms with E-state index >= 15 is 0 Å². The lowest BCUT2D eigenvalue weighted by atomic mass is 10.4. The number of carbonyl (C=O) groups is 1. The molecule has 1 atom stereocenters. The zero-order valence-corrected chi connectivity index (χ0v) is 5.83. The normalized spacial score (nSPS) is 28.1. The van der Waals surface area contributed by atoms with Crippen molar-refractivity contribution in [3.63, 3.8) is 0 Å². The van der Waals surface area contributed by atoms with E-state index in [4.69, 9.17) is 14.2 Å². The van der Waals surface area contributed by atoms with Gasteiger partial charge in [0.25, 0.3) is 0 Å². The Kier molecular flexibility index (Phi) is 2.80. The summed E-state index contributed by atoms with van der Waals surface area (Å²) in [7, 11) is 1.44. The summed E-state index contributed by atoms with van der Waals surface area (Å²) in [6.07, 6.45) is -0.720. The van der Waals surface area contributed by atoms with Gasteiger partial charge in [-0.3, -0.25) is 4.79 Å². The molecule has 0 aromatic carbocycles. The van der Waals surface area contributed by atoms with Crippen LogP contribution in [0.15, 0.2) is 0 Å². The van der Waals surface area contributed by atoms with Crippen LogP contribution in [-0.4, -0.2) is 39.0 Å². The topological polar surface area (TPSA) is 44.8 Å². The minimum Gasteiger partial charge on any atom is -0.371 e. The van der Waals surface area contributed by atoms with E-state index in [0.717, 1.165) is 0 Å². The van der Waals surface area contributed by atoms with E-state index in [0.29, 0.717) is 13.2 Å². The van der Waals surface area contributed by atoms with Gasteiger partial charge in [0.15, 0.2) is 0 Å². The summed E-state index contributed by atoms with van der Waals surface area (Å²) in [5.74, 6) is -0.153. The van der Waals surface area contributed by atoms with Crippen LogP contribution in [0.1, 0.15) is 0 Å². The first-order valence-electron chi connectivity index (χ1n) is 3.09. The first-order chi connectivity index (χ1) is 4.84. The first kappa shape index (κ1) is 7.65. The maximum atomic E-state index is 10.9. The number of Topliss-reactive ketones (excluding diaryl/α,β-unsaturated/α-hetero) is 1. The smallest absolute Gasteiger partial charge is 0.220 e. The van der Waals surface area contributed by atoms with Crippen LogP contribution in [0.5, 0.6) is 0 Å². The molecule has 58 valence electrons. The molecule has 0 aliphatic carbocycles. The molecule has 1 heterocycles. The molecule has 1 fully saturated rings. The van der Waals surface area contributed by atoms with Crippen molar-refractivity contribution in [2.45, 2.75) is 6.29 Å². The van der Waals surface area contributed by atoms with E-state index in [1.54, 1.807) is 0 Å². The van der Waals surface area contributed by atoms with Gasteiger partial charge in [-0.05, 0) is 0 Å². The highest BCUT2D eigenvalue weighted by molar-refractivity contribution is 5.83. The summed E-state index contributed by atoms with van der Waals surface area (Å²) in [5.41, 5.74) is 0.